The first-order valence-electron chi connectivity index (χ1n) is 13.1. The molecule has 8 heteroatoms. The molecule has 1 atom stereocenters. The van der Waals surface area contributed by atoms with E-state index in [0.29, 0.717) is 23.2 Å². The van der Waals surface area contributed by atoms with E-state index in [1.807, 2.05) is 41.3 Å². The lowest BCUT2D eigenvalue weighted by Crippen LogP contribution is -2.40. The number of carbonyl (C=O) groups excluding carboxylic acids is 1. The number of hydrogen-bond acceptors (Lipinski definition) is 4. The highest BCUT2D eigenvalue weighted by Gasteiger charge is 2.53. The van der Waals surface area contributed by atoms with Gasteiger partial charge in [0.2, 0.25) is 10.0 Å². The van der Waals surface area contributed by atoms with Crippen molar-refractivity contribution in [2.24, 2.45) is 5.41 Å². The first kappa shape index (κ1) is 24.2. The molecule has 4 aliphatic rings. The Labute approximate surface area is 217 Å². The van der Waals surface area contributed by atoms with E-state index < -0.39 is 20.8 Å². The molecule has 1 heterocycles. The van der Waals surface area contributed by atoms with Crippen LogP contribution in [0.2, 0.25) is 0 Å². The van der Waals surface area contributed by atoms with Crippen LogP contribution in [0.1, 0.15) is 81.6 Å². The highest BCUT2D eigenvalue weighted by Crippen LogP contribution is 2.62. The molecular formula is C28H36N2O4S2. The maximum Gasteiger partial charge on any atom is 0.258 e. The fourth-order valence-corrected chi connectivity index (χ4v) is 8.85. The molecule has 0 aromatic heterocycles. The second kappa shape index (κ2) is 8.69. The number of nitrogens with one attached hydrogen (secondary N) is 1. The van der Waals surface area contributed by atoms with Crippen molar-refractivity contribution in [3.63, 3.8) is 0 Å². The highest BCUT2D eigenvalue weighted by molar-refractivity contribution is 7.92. The first-order valence-corrected chi connectivity index (χ1v) is 16.2. The fourth-order valence-electron chi connectivity index (χ4n) is 6.70. The van der Waals surface area contributed by atoms with E-state index >= 15 is 0 Å². The van der Waals surface area contributed by atoms with Gasteiger partial charge in [-0.3, -0.25) is 13.7 Å². The Morgan fingerprint density at radius 2 is 1.72 bits per heavy atom. The van der Waals surface area contributed by atoms with E-state index in [0.717, 1.165) is 73.8 Å². The summed E-state index contributed by atoms with van der Waals surface area (Å²) in [5.74, 6) is -0.0751. The predicted molar refractivity (Wildman–Crippen MR) is 146 cm³/mol. The summed E-state index contributed by atoms with van der Waals surface area (Å²) in [5.41, 5.74) is 3.40. The van der Waals surface area contributed by atoms with Crippen molar-refractivity contribution in [3.8, 4) is 0 Å². The second-order valence-electron chi connectivity index (χ2n) is 11.5. The summed E-state index contributed by atoms with van der Waals surface area (Å²) in [6.45, 7) is 0.607. The lowest BCUT2D eigenvalue weighted by molar-refractivity contribution is 0.0980. The minimum absolute atomic E-state index is 0. The highest BCUT2D eigenvalue weighted by atomic mass is 32.2. The zero-order chi connectivity index (χ0) is 25.1. The molecule has 1 aliphatic heterocycles. The standard InChI is InChI=1S/C28H34N2O4S2.H2/c1-36(33,34)29-21-9-10-25-24(18-21)28(15-13-27(11-12-27)14-16-28)19-30(25)26(31)20-5-4-8-23(17-20)35(32)22-6-2-3-7-22;/h4-5,8-10,17-18,22,29H,2-3,6-7,11-16,19H2,1H3;1H. The maximum absolute atomic E-state index is 13.9. The molecule has 194 valence electrons. The quantitative estimate of drug-likeness (QED) is 0.547. The van der Waals surface area contributed by atoms with E-state index in [-0.39, 0.29) is 18.0 Å². The van der Waals surface area contributed by atoms with Crippen LogP contribution in [0.5, 0.6) is 0 Å². The number of carbonyl (C=O) groups is 1. The van der Waals surface area contributed by atoms with Crippen LogP contribution in [0.25, 0.3) is 0 Å². The van der Waals surface area contributed by atoms with E-state index in [2.05, 4.69) is 4.72 Å². The van der Waals surface area contributed by atoms with E-state index in [1.165, 1.54) is 12.8 Å². The van der Waals surface area contributed by atoms with Crippen LogP contribution in [0, 0.1) is 5.41 Å². The zero-order valence-electron chi connectivity index (χ0n) is 20.8. The number of rotatable bonds is 5. The minimum atomic E-state index is -3.40. The summed E-state index contributed by atoms with van der Waals surface area (Å²) in [4.78, 5) is 16.5. The molecule has 1 N–H and O–H groups in total. The van der Waals surface area contributed by atoms with Crippen LogP contribution in [0.15, 0.2) is 47.4 Å². The van der Waals surface area contributed by atoms with Gasteiger partial charge in [-0.25, -0.2) is 8.42 Å². The van der Waals surface area contributed by atoms with Crippen LogP contribution in [0.3, 0.4) is 0 Å². The molecule has 6 nitrogen and oxygen atoms in total. The van der Waals surface area contributed by atoms with Gasteiger partial charge in [0.1, 0.15) is 0 Å². The molecule has 1 amide bonds. The van der Waals surface area contributed by atoms with Crippen LogP contribution in [-0.4, -0.2) is 36.6 Å². The molecule has 3 saturated carbocycles. The van der Waals surface area contributed by atoms with Crippen LogP contribution >= 0.6 is 0 Å². The lowest BCUT2D eigenvalue weighted by atomic mass is 9.66. The van der Waals surface area contributed by atoms with Crippen molar-refractivity contribution in [3.05, 3.63) is 53.6 Å². The third-order valence-corrected chi connectivity index (χ3v) is 11.4. The third kappa shape index (κ3) is 4.40. The molecule has 36 heavy (non-hydrogen) atoms. The van der Waals surface area contributed by atoms with Crippen molar-refractivity contribution in [1.82, 2.24) is 0 Å². The van der Waals surface area contributed by atoms with Gasteiger partial charge in [0.25, 0.3) is 5.91 Å². The van der Waals surface area contributed by atoms with E-state index in [1.54, 1.807) is 6.07 Å². The fraction of sp³-hybridized carbons (Fsp3) is 0.536. The van der Waals surface area contributed by atoms with Crippen LogP contribution in [-0.2, 0) is 26.2 Å². The van der Waals surface area contributed by atoms with E-state index in [4.69, 9.17) is 0 Å². The Bertz CT molecular complexity index is 1340. The SMILES string of the molecule is CS(=O)(=O)Nc1ccc2c(c1)C1(CCC3(CC3)CC1)CN2C(=O)c1cccc(S(=O)C2CCCC2)c1.[HH]. The Hall–Kier alpha value is -2.19. The molecule has 6 rings (SSSR count). The topological polar surface area (TPSA) is 83.6 Å². The van der Waals surface area contributed by atoms with Gasteiger partial charge in [-0.15, -0.1) is 0 Å². The molecular weight excluding hydrogens is 492 g/mol. The van der Waals surface area contributed by atoms with Gasteiger partial charge in [-0.2, -0.15) is 0 Å². The molecule has 2 aromatic rings. The number of benzene rings is 2. The van der Waals surface area contributed by atoms with Crippen molar-refractivity contribution in [1.29, 1.82) is 0 Å². The molecule has 0 saturated heterocycles. The lowest BCUT2D eigenvalue weighted by Gasteiger charge is -2.38. The number of amides is 1. The van der Waals surface area contributed by atoms with Gasteiger partial charge < -0.3 is 4.90 Å². The molecule has 1 unspecified atom stereocenters. The number of hydrogen-bond donors (Lipinski definition) is 1. The Morgan fingerprint density at radius 3 is 2.39 bits per heavy atom. The third-order valence-electron chi connectivity index (χ3n) is 9.01. The van der Waals surface area contributed by atoms with Gasteiger partial charge in [-0.05, 0) is 98.7 Å². The van der Waals surface area contributed by atoms with Crippen LogP contribution < -0.4 is 9.62 Å². The Morgan fingerprint density at radius 1 is 1.03 bits per heavy atom. The van der Waals surface area contributed by atoms with Gasteiger partial charge in [-0.1, -0.05) is 18.9 Å². The smallest absolute Gasteiger partial charge is 0.258 e. The van der Waals surface area contributed by atoms with Crippen molar-refractivity contribution < 1.29 is 18.8 Å². The van der Waals surface area contributed by atoms with Gasteiger partial charge in [0.05, 0.1) is 17.1 Å². The summed E-state index contributed by atoms with van der Waals surface area (Å²) in [5, 5.41) is 0.184. The summed E-state index contributed by atoms with van der Waals surface area (Å²) in [6.07, 6.45) is 12.3. The number of sulfonamides is 1. The molecule has 2 spiro atoms. The van der Waals surface area contributed by atoms with Gasteiger partial charge >= 0.3 is 0 Å². The number of nitrogens with zero attached hydrogens (tertiary/aromatic N) is 1. The molecule has 2 aromatic carbocycles. The summed E-state index contributed by atoms with van der Waals surface area (Å²) in [7, 11) is -4.49. The Kier molecular flexibility index (Phi) is 5.83. The number of fused-ring (bicyclic) bond motifs is 2. The Balaban J connectivity index is 0.00000280. The monoisotopic (exact) mass is 528 g/mol. The molecule has 0 radical (unpaired) electrons. The first-order chi connectivity index (χ1) is 17.2. The second-order valence-corrected chi connectivity index (χ2v) is 15.0. The van der Waals surface area contributed by atoms with Crippen molar-refractivity contribution in [2.75, 3.05) is 22.4 Å². The van der Waals surface area contributed by atoms with E-state index in [9.17, 15) is 17.4 Å². The maximum atomic E-state index is 13.9. The van der Waals surface area contributed by atoms with Gasteiger partial charge in [0.15, 0.2) is 0 Å². The average Bonchev–Trinajstić information content (AvgIpc) is 3.27. The predicted octanol–water partition coefficient (Wildman–Crippen LogP) is 5.61. The molecule has 3 fully saturated rings. The number of anilines is 2. The minimum Gasteiger partial charge on any atom is -0.307 e. The summed E-state index contributed by atoms with van der Waals surface area (Å²) >= 11 is 0. The molecule has 0 bridgehead atoms. The van der Waals surface area contributed by atoms with Crippen LogP contribution in [0.4, 0.5) is 11.4 Å². The largest absolute Gasteiger partial charge is 0.307 e. The summed E-state index contributed by atoms with van der Waals surface area (Å²) in [6, 6.07) is 12.9. The zero-order valence-corrected chi connectivity index (χ0v) is 22.4. The van der Waals surface area contributed by atoms with Crippen molar-refractivity contribution in [2.45, 2.75) is 79.8 Å². The average molecular weight is 529 g/mol. The van der Waals surface area contributed by atoms with Crippen molar-refractivity contribution >= 4 is 38.1 Å². The molecule has 3 aliphatic carbocycles. The summed E-state index contributed by atoms with van der Waals surface area (Å²) < 4.78 is 39.6. The normalized spacial score (nSPS) is 23.1. The van der Waals surface area contributed by atoms with Gasteiger partial charge in [0, 0.05) is 40.5 Å².